The summed E-state index contributed by atoms with van der Waals surface area (Å²) in [6.07, 6.45) is 2.28. The van der Waals surface area contributed by atoms with Crippen LogP contribution < -0.4 is 5.32 Å². The second-order valence-corrected chi connectivity index (χ2v) is 5.04. The van der Waals surface area contributed by atoms with Crippen LogP contribution in [0.15, 0.2) is 22.7 Å². The summed E-state index contributed by atoms with van der Waals surface area (Å²) in [7, 11) is 2.00. The maximum atomic E-state index is 3.51. The lowest BCUT2D eigenvalue weighted by atomic mass is 10.1. The number of hydrogen-bond donors (Lipinski definition) is 2. The average molecular weight is 281 g/mol. The Morgan fingerprint density at radius 1 is 1.38 bits per heavy atom. The van der Waals surface area contributed by atoms with Gasteiger partial charge in [-0.3, -0.25) is 0 Å². The van der Waals surface area contributed by atoms with Crippen molar-refractivity contribution >= 4 is 26.8 Å². The van der Waals surface area contributed by atoms with Crippen LogP contribution in [0.1, 0.15) is 17.7 Å². The highest BCUT2D eigenvalue weighted by molar-refractivity contribution is 9.10. The van der Waals surface area contributed by atoms with Crippen LogP contribution in [0.3, 0.4) is 0 Å². The first-order chi connectivity index (χ1) is 7.72. The Kier molecular flexibility index (Phi) is 3.66. The van der Waals surface area contributed by atoms with Crippen molar-refractivity contribution in [2.45, 2.75) is 19.8 Å². The number of nitrogens with one attached hydrogen (secondary N) is 2. The molecule has 86 valence electrons. The molecule has 0 saturated heterocycles. The Bertz CT molecular complexity index is 488. The summed E-state index contributed by atoms with van der Waals surface area (Å²) in [6, 6.07) is 6.41. The second kappa shape index (κ2) is 5.02. The number of aromatic amines is 1. The Morgan fingerprint density at radius 3 is 2.94 bits per heavy atom. The smallest absolute Gasteiger partial charge is 0.0470 e. The minimum absolute atomic E-state index is 1.07. The highest BCUT2D eigenvalue weighted by Gasteiger charge is 2.06. The summed E-state index contributed by atoms with van der Waals surface area (Å²) in [5.41, 5.74) is 3.98. The molecular formula is C13H17BrN2. The molecule has 1 aromatic heterocycles. The molecule has 0 fully saturated rings. The molecule has 0 atom stereocenters. The largest absolute Gasteiger partial charge is 0.358 e. The molecule has 0 radical (unpaired) electrons. The van der Waals surface area contributed by atoms with Crippen LogP contribution >= 0.6 is 15.9 Å². The number of aryl methyl sites for hydroxylation is 2. The number of fused-ring (bicyclic) bond motifs is 1. The monoisotopic (exact) mass is 280 g/mol. The van der Waals surface area contributed by atoms with Gasteiger partial charge in [0.25, 0.3) is 0 Å². The van der Waals surface area contributed by atoms with Gasteiger partial charge in [0, 0.05) is 21.1 Å². The van der Waals surface area contributed by atoms with E-state index in [1.54, 1.807) is 0 Å². The van der Waals surface area contributed by atoms with Gasteiger partial charge in [-0.1, -0.05) is 22.0 Å². The zero-order chi connectivity index (χ0) is 11.5. The summed E-state index contributed by atoms with van der Waals surface area (Å²) in [6.45, 7) is 3.26. The van der Waals surface area contributed by atoms with Crippen molar-refractivity contribution in [3.8, 4) is 0 Å². The minimum Gasteiger partial charge on any atom is -0.358 e. The molecule has 0 aliphatic carbocycles. The first kappa shape index (κ1) is 11.7. The zero-order valence-corrected chi connectivity index (χ0v) is 11.3. The molecule has 2 aromatic rings. The molecule has 0 aliphatic rings. The predicted octanol–water partition coefficient (Wildman–Crippen LogP) is 3.39. The Morgan fingerprint density at radius 2 is 2.19 bits per heavy atom. The van der Waals surface area contributed by atoms with E-state index in [4.69, 9.17) is 0 Å². The van der Waals surface area contributed by atoms with E-state index in [9.17, 15) is 0 Å². The van der Waals surface area contributed by atoms with Crippen LogP contribution in [-0.2, 0) is 6.42 Å². The molecule has 0 aliphatic heterocycles. The van der Waals surface area contributed by atoms with E-state index in [2.05, 4.69) is 51.4 Å². The molecule has 2 nitrogen and oxygen atoms in total. The highest BCUT2D eigenvalue weighted by atomic mass is 79.9. The van der Waals surface area contributed by atoms with Gasteiger partial charge in [0.1, 0.15) is 0 Å². The van der Waals surface area contributed by atoms with E-state index in [-0.39, 0.29) is 0 Å². The fraction of sp³-hybridized carbons (Fsp3) is 0.385. The topological polar surface area (TPSA) is 27.8 Å². The van der Waals surface area contributed by atoms with E-state index in [1.807, 2.05) is 7.05 Å². The molecule has 0 spiro atoms. The number of benzene rings is 1. The number of halogens is 1. The van der Waals surface area contributed by atoms with Crippen LogP contribution in [0.5, 0.6) is 0 Å². The van der Waals surface area contributed by atoms with Gasteiger partial charge in [-0.05, 0) is 51.1 Å². The van der Waals surface area contributed by atoms with E-state index in [0.29, 0.717) is 0 Å². The highest BCUT2D eigenvalue weighted by Crippen LogP contribution is 2.25. The summed E-state index contributed by atoms with van der Waals surface area (Å²) >= 11 is 3.50. The molecule has 0 unspecified atom stereocenters. The molecule has 1 aromatic carbocycles. The number of rotatable bonds is 4. The van der Waals surface area contributed by atoms with Gasteiger partial charge in [-0.25, -0.2) is 0 Å². The lowest BCUT2D eigenvalue weighted by molar-refractivity contribution is 0.716. The van der Waals surface area contributed by atoms with Gasteiger partial charge in [0.2, 0.25) is 0 Å². The maximum Gasteiger partial charge on any atom is 0.0470 e. The van der Waals surface area contributed by atoms with Gasteiger partial charge in [-0.2, -0.15) is 0 Å². The molecule has 1 heterocycles. The van der Waals surface area contributed by atoms with Crippen molar-refractivity contribution in [2.75, 3.05) is 13.6 Å². The predicted molar refractivity (Wildman–Crippen MR) is 73.0 cm³/mol. The van der Waals surface area contributed by atoms with E-state index in [1.165, 1.54) is 28.6 Å². The fourth-order valence-electron chi connectivity index (χ4n) is 2.06. The summed E-state index contributed by atoms with van der Waals surface area (Å²) in [5.74, 6) is 0. The normalized spacial score (nSPS) is 11.2. The Balaban J connectivity index is 2.29. The van der Waals surface area contributed by atoms with Crippen LogP contribution in [0.25, 0.3) is 10.9 Å². The molecule has 0 amide bonds. The van der Waals surface area contributed by atoms with Crippen molar-refractivity contribution in [3.05, 3.63) is 33.9 Å². The average Bonchev–Trinajstić information content (AvgIpc) is 2.56. The Hall–Kier alpha value is -0.800. The van der Waals surface area contributed by atoms with Crippen molar-refractivity contribution in [3.63, 3.8) is 0 Å². The number of hydrogen-bond acceptors (Lipinski definition) is 1. The van der Waals surface area contributed by atoms with Gasteiger partial charge in [0.05, 0.1) is 0 Å². The first-order valence-electron chi connectivity index (χ1n) is 5.63. The summed E-state index contributed by atoms with van der Waals surface area (Å²) < 4.78 is 1.13. The third-order valence-corrected chi connectivity index (χ3v) is 3.47. The molecule has 2 rings (SSSR count). The third kappa shape index (κ3) is 2.30. The summed E-state index contributed by atoms with van der Waals surface area (Å²) in [4.78, 5) is 3.51. The van der Waals surface area contributed by atoms with Crippen LogP contribution in [0.4, 0.5) is 0 Å². The molecule has 16 heavy (non-hydrogen) atoms. The number of aromatic nitrogens is 1. The molecule has 0 saturated carbocycles. The lowest BCUT2D eigenvalue weighted by Gasteiger charge is -1.99. The zero-order valence-electron chi connectivity index (χ0n) is 9.73. The van der Waals surface area contributed by atoms with Crippen molar-refractivity contribution < 1.29 is 0 Å². The fourth-order valence-corrected chi connectivity index (χ4v) is 2.42. The van der Waals surface area contributed by atoms with Gasteiger partial charge in [-0.15, -0.1) is 0 Å². The molecule has 2 N–H and O–H groups in total. The second-order valence-electron chi connectivity index (χ2n) is 4.13. The molecular weight excluding hydrogens is 264 g/mol. The first-order valence-corrected chi connectivity index (χ1v) is 6.43. The van der Waals surface area contributed by atoms with E-state index < -0.39 is 0 Å². The lowest BCUT2D eigenvalue weighted by Crippen LogP contribution is -2.08. The van der Waals surface area contributed by atoms with Gasteiger partial charge in [0.15, 0.2) is 0 Å². The standard InChI is InChI=1S/C13H17BrN2/c1-9-11-6-5-10(14)8-13(11)16-12(9)4-3-7-15-2/h5-6,8,15-16H,3-4,7H2,1-2H3. The van der Waals surface area contributed by atoms with Gasteiger partial charge >= 0.3 is 0 Å². The SMILES string of the molecule is CNCCCc1[nH]c2cc(Br)ccc2c1C. The van der Waals surface area contributed by atoms with Crippen molar-refractivity contribution in [2.24, 2.45) is 0 Å². The van der Waals surface area contributed by atoms with E-state index in [0.717, 1.165) is 17.4 Å². The van der Waals surface area contributed by atoms with Crippen LogP contribution in [0, 0.1) is 6.92 Å². The van der Waals surface area contributed by atoms with Gasteiger partial charge < -0.3 is 10.3 Å². The summed E-state index contributed by atoms with van der Waals surface area (Å²) in [5, 5.41) is 4.51. The quantitative estimate of drug-likeness (QED) is 0.826. The van der Waals surface area contributed by atoms with Crippen molar-refractivity contribution in [1.29, 1.82) is 0 Å². The van der Waals surface area contributed by atoms with Crippen LogP contribution in [0.2, 0.25) is 0 Å². The Labute approximate surface area is 105 Å². The molecule has 3 heteroatoms. The minimum atomic E-state index is 1.07. The molecule has 0 bridgehead atoms. The maximum absolute atomic E-state index is 3.51. The van der Waals surface area contributed by atoms with Crippen LogP contribution in [-0.4, -0.2) is 18.6 Å². The van der Waals surface area contributed by atoms with E-state index >= 15 is 0 Å². The van der Waals surface area contributed by atoms with Crippen molar-refractivity contribution in [1.82, 2.24) is 10.3 Å². The third-order valence-electron chi connectivity index (χ3n) is 2.98. The number of H-pyrrole nitrogens is 1.